The predicted octanol–water partition coefficient (Wildman–Crippen LogP) is 3.60. The first-order chi connectivity index (χ1) is 14.4. The molecule has 1 N–H and O–H groups in total. The second-order valence-electron chi connectivity index (χ2n) is 6.90. The summed E-state index contributed by atoms with van der Waals surface area (Å²) in [4.78, 5) is 24.9. The van der Waals surface area contributed by atoms with Gasteiger partial charge in [-0.05, 0) is 50.2 Å². The van der Waals surface area contributed by atoms with Gasteiger partial charge in [0.25, 0.3) is 5.91 Å². The number of carbonyl (C=O) groups excluding carboxylic acids is 2. The molecule has 3 aromatic rings. The second-order valence-corrected chi connectivity index (χ2v) is 7.84. The zero-order valence-electron chi connectivity index (χ0n) is 17.4. The van der Waals surface area contributed by atoms with Crippen LogP contribution in [0, 0.1) is 6.92 Å². The van der Waals surface area contributed by atoms with E-state index in [9.17, 15) is 9.59 Å². The third-order valence-corrected chi connectivity index (χ3v) is 5.68. The number of ketones is 1. The van der Waals surface area contributed by atoms with Gasteiger partial charge in [-0.1, -0.05) is 29.5 Å². The molecular formula is C22H24N4O3S. The van der Waals surface area contributed by atoms with Crippen LogP contribution in [0.15, 0.2) is 53.7 Å². The van der Waals surface area contributed by atoms with Crippen LogP contribution >= 0.6 is 11.8 Å². The number of nitrogens with one attached hydrogen (secondary N) is 1. The van der Waals surface area contributed by atoms with Crippen molar-refractivity contribution in [2.75, 3.05) is 12.9 Å². The number of hydrogen-bond donors (Lipinski definition) is 1. The number of amides is 1. The third-order valence-electron chi connectivity index (χ3n) is 4.66. The van der Waals surface area contributed by atoms with E-state index in [1.54, 1.807) is 48.1 Å². The lowest BCUT2D eigenvalue weighted by atomic mass is 10.1. The smallest absolute Gasteiger partial charge is 0.251 e. The lowest BCUT2D eigenvalue weighted by molar-refractivity contribution is 0.0937. The van der Waals surface area contributed by atoms with E-state index in [4.69, 9.17) is 4.74 Å². The summed E-state index contributed by atoms with van der Waals surface area (Å²) in [5, 5.41) is 11.9. The zero-order valence-corrected chi connectivity index (χ0v) is 18.2. The molecule has 0 spiro atoms. The van der Waals surface area contributed by atoms with Gasteiger partial charge in [0.15, 0.2) is 16.8 Å². The van der Waals surface area contributed by atoms with Crippen molar-refractivity contribution in [2.24, 2.45) is 7.05 Å². The van der Waals surface area contributed by atoms with E-state index >= 15 is 0 Å². The Hall–Kier alpha value is -3.13. The number of aromatic nitrogens is 3. The van der Waals surface area contributed by atoms with Crippen LogP contribution in [0.1, 0.15) is 45.1 Å². The molecule has 0 bridgehead atoms. The molecule has 156 valence electrons. The Kier molecular flexibility index (Phi) is 6.89. The van der Waals surface area contributed by atoms with E-state index in [2.05, 4.69) is 15.5 Å². The average molecular weight is 425 g/mol. The van der Waals surface area contributed by atoms with Crippen LogP contribution < -0.4 is 10.1 Å². The van der Waals surface area contributed by atoms with Gasteiger partial charge in [-0.25, -0.2) is 0 Å². The van der Waals surface area contributed by atoms with Crippen molar-refractivity contribution < 1.29 is 14.3 Å². The van der Waals surface area contributed by atoms with Crippen LogP contribution in [0.25, 0.3) is 0 Å². The summed E-state index contributed by atoms with van der Waals surface area (Å²) in [5.74, 6) is 1.39. The fourth-order valence-corrected chi connectivity index (χ4v) is 3.68. The SMILES string of the molecule is COc1ccc(C(=O)CSc2nnc([C@@H](C)NC(=O)c3ccc(C)cc3)n2C)cc1. The zero-order chi connectivity index (χ0) is 21.7. The van der Waals surface area contributed by atoms with Crippen molar-refractivity contribution in [3.8, 4) is 5.75 Å². The number of ether oxygens (including phenoxy) is 1. The maximum absolute atomic E-state index is 12.4. The molecule has 30 heavy (non-hydrogen) atoms. The van der Waals surface area contributed by atoms with Crippen LogP contribution in [0.2, 0.25) is 0 Å². The Morgan fingerprint density at radius 2 is 1.70 bits per heavy atom. The van der Waals surface area contributed by atoms with Crippen molar-refractivity contribution in [1.29, 1.82) is 0 Å². The Bertz CT molecular complexity index is 1030. The fourth-order valence-electron chi connectivity index (χ4n) is 2.87. The number of methoxy groups -OCH3 is 1. The number of nitrogens with zero attached hydrogens (tertiary/aromatic N) is 3. The molecule has 7 nitrogen and oxygen atoms in total. The number of aryl methyl sites for hydroxylation is 1. The van der Waals surface area contributed by atoms with Gasteiger partial charge in [-0.3, -0.25) is 9.59 Å². The van der Waals surface area contributed by atoms with Crippen LogP contribution in [-0.4, -0.2) is 39.3 Å². The van der Waals surface area contributed by atoms with E-state index in [-0.39, 0.29) is 23.5 Å². The molecule has 1 heterocycles. The minimum Gasteiger partial charge on any atom is -0.497 e. The number of benzene rings is 2. The first-order valence-corrected chi connectivity index (χ1v) is 10.4. The summed E-state index contributed by atoms with van der Waals surface area (Å²) in [6.45, 7) is 3.83. The summed E-state index contributed by atoms with van der Waals surface area (Å²) in [6.07, 6.45) is 0. The molecule has 0 unspecified atom stereocenters. The quantitative estimate of drug-likeness (QED) is 0.439. The molecule has 0 radical (unpaired) electrons. The van der Waals surface area contributed by atoms with Crippen LogP contribution in [-0.2, 0) is 7.05 Å². The van der Waals surface area contributed by atoms with E-state index < -0.39 is 0 Å². The summed E-state index contributed by atoms with van der Waals surface area (Å²) in [5.41, 5.74) is 2.30. The Morgan fingerprint density at radius 3 is 2.33 bits per heavy atom. The highest BCUT2D eigenvalue weighted by atomic mass is 32.2. The maximum Gasteiger partial charge on any atom is 0.251 e. The van der Waals surface area contributed by atoms with Gasteiger partial charge >= 0.3 is 0 Å². The summed E-state index contributed by atoms with van der Waals surface area (Å²) >= 11 is 1.31. The van der Waals surface area contributed by atoms with Crippen molar-refractivity contribution in [1.82, 2.24) is 20.1 Å². The Morgan fingerprint density at radius 1 is 1.07 bits per heavy atom. The Labute approximate surface area is 179 Å². The molecule has 1 aromatic heterocycles. The highest BCUT2D eigenvalue weighted by Gasteiger charge is 2.19. The fraction of sp³-hybridized carbons (Fsp3) is 0.273. The third kappa shape index (κ3) is 5.07. The van der Waals surface area contributed by atoms with Crippen molar-refractivity contribution in [3.05, 3.63) is 71.0 Å². The number of hydrogen-bond acceptors (Lipinski definition) is 6. The van der Waals surface area contributed by atoms with Gasteiger partial charge in [-0.2, -0.15) is 0 Å². The van der Waals surface area contributed by atoms with Gasteiger partial charge in [0.05, 0.1) is 18.9 Å². The number of carbonyl (C=O) groups is 2. The van der Waals surface area contributed by atoms with Crippen LogP contribution in [0.5, 0.6) is 5.75 Å². The van der Waals surface area contributed by atoms with Crippen LogP contribution in [0.3, 0.4) is 0 Å². The predicted molar refractivity (Wildman–Crippen MR) is 116 cm³/mol. The molecule has 0 saturated heterocycles. The van der Waals surface area contributed by atoms with Crippen molar-refractivity contribution >= 4 is 23.5 Å². The molecule has 3 rings (SSSR count). The van der Waals surface area contributed by atoms with E-state index in [0.717, 1.165) is 5.56 Å². The largest absolute Gasteiger partial charge is 0.497 e. The molecule has 2 aromatic carbocycles. The van der Waals surface area contributed by atoms with E-state index in [0.29, 0.717) is 27.9 Å². The van der Waals surface area contributed by atoms with Crippen molar-refractivity contribution in [2.45, 2.75) is 25.0 Å². The monoisotopic (exact) mass is 424 g/mol. The molecule has 1 atom stereocenters. The maximum atomic E-state index is 12.4. The molecular weight excluding hydrogens is 400 g/mol. The highest BCUT2D eigenvalue weighted by molar-refractivity contribution is 7.99. The van der Waals surface area contributed by atoms with Gasteiger partial charge in [-0.15, -0.1) is 10.2 Å². The normalized spacial score (nSPS) is 11.7. The lowest BCUT2D eigenvalue weighted by Gasteiger charge is -2.13. The molecule has 0 aliphatic carbocycles. The Balaban J connectivity index is 1.61. The van der Waals surface area contributed by atoms with Crippen molar-refractivity contribution in [3.63, 3.8) is 0 Å². The minimum absolute atomic E-state index is 0.00655. The van der Waals surface area contributed by atoms with E-state index in [1.165, 1.54) is 11.8 Å². The number of thioether (sulfide) groups is 1. The van der Waals surface area contributed by atoms with Gasteiger partial charge in [0, 0.05) is 18.2 Å². The molecule has 0 fully saturated rings. The summed E-state index contributed by atoms with van der Waals surface area (Å²) in [7, 11) is 3.41. The highest BCUT2D eigenvalue weighted by Crippen LogP contribution is 2.21. The summed E-state index contributed by atoms with van der Waals surface area (Å²) in [6, 6.07) is 14.1. The van der Waals surface area contributed by atoms with Gasteiger partial charge < -0.3 is 14.6 Å². The standard InChI is InChI=1S/C22H24N4O3S/c1-14-5-7-17(8-6-14)21(28)23-15(2)20-24-25-22(26(20)3)30-13-19(27)16-9-11-18(29-4)12-10-16/h5-12,15H,13H2,1-4H3,(H,23,28)/t15-/m1/s1. The lowest BCUT2D eigenvalue weighted by Crippen LogP contribution is -2.28. The molecule has 1 amide bonds. The molecule has 0 aliphatic heterocycles. The second kappa shape index (κ2) is 9.58. The number of Topliss-reactive ketones (excluding diaryl/α,β-unsaturated/α-hetero) is 1. The first kappa shape index (κ1) is 21.6. The first-order valence-electron chi connectivity index (χ1n) is 9.46. The molecule has 8 heteroatoms. The molecule has 0 aliphatic rings. The molecule has 0 saturated carbocycles. The minimum atomic E-state index is -0.331. The number of rotatable bonds is 8. The average Bonchev–Trinajstić information content (AvgIpc) is 3.12. The van der Waals surface area contributed by atoms with Crippen LogP contribution in [0.4, 0.5) is 0 Å². The van der Waals surface area contributed by atoms with Gasteiger partial charge in [0.2, 0.25) is 0 Å². The van der Waals surface area contributed by atoms with Gasteiger partial charge in [0.1, 0.15) is 5.75 Å². The topological polar surface area (TPSA) is 86.1 Å². The summed E-state index contributed by atoms with van der Waals surface area (Å²) < 4.78 is 6.91. The van der Waals surface area contributed by atoms with E-state index in [1.807, 2.05) is 33.0 Å².